The molecule has 10 heteroatoms. The molecular formula is C9H11BrN6O3. The Morgan fingerprint density at radius 2 is 2.05 bits per heavy atom. The van der Waals surface area contributed by atoms with Crippen LogP contribution >= 0.6 is 15.9 Å². The van der Waals surface area contributed by atoms with Gasteiger partial charge in [0.25, 0.3) is 5.69 Å². The summed E-state index contributed by atoms with van der Waals surface area (Å²) in [6.07, 6.45) is 0. The molecule has 1 aromatic rings. The van der Waals surface area contributed by atoms with Crippen molar-refractivity contribution in [2.75, 3.05) is 7.11 Å². The summed E-state index contributed by atoms with van der Waals surface area (Å²) < 4.78 is 5.25. The van der Waals surface area contributed by atoms with Crippen molar-refractivity contribution in [1.82, 2.24) is 0 Å². The van der Waals surface area contributed by atoms with E-state index in [0.29, 0.717) is 10.2 Å². The van der Waals surface area contributed by atoms with Crippen LogP contribution in [-0.4, -0.2) is 24.0 Å². The van der Waals surface area contributed by atoms with E-state index in [0.717, 1.165) is 0 Å². The fourth-order valence-corrected chi connectivity index (χ4v) is 1.72. The number of nitro groups is 1. The van der Waals surface area contributed by atoms with Gasteiger partial charge in [0, 0.05) is 0 Å². The molecule has 0 bridgehead atoms. The lowest BCUT2D eigenvalue weighted by Crippen LogP contribution is -2.26. The largest absolute Gasteiger partial charge is 0.496 e. The highest BCUT2D eigenvalue weighted by molar-refractivity contribution is 9.10. The van der Waals surface area contributed by atoms with E-state index in [2.05, 4.69) is 25.9 Å². The molecule has 0 atom stereocenters. The van der Waals surface area contributed by atoms with Crippen molar-refractivity contribution in [3.8, 4) is 5.75 Å². The Bertz CT molecular complexity index is 567. The van der Waals surface area contributed by atoms with Crippen molar-refractivity contribution in [2.24, 2.45) is 27.2 Å². The first-order valence-electron chi connectivity index (χ1n) is 4.81. The highest BCUT2D eigenvalue weighted by Gasteiger charge is 2.19. The molecule has 1 rings (SSSR count). The van der Waals surface area contributed by atoms with Crippen LogP contribution in [-0.2, 0) is 0 Å². The van der Waals surface area contributed by atoms with E-state index in [1.807, 2.05) is 0 Å². The van der Waals surface area contributed by atoms with Crippen LogP contribution in [0.4, 0.5) is 11.4 Å². The van der Waals surface area contributed by atoms with Gasteiger partial charge < -0.3 is 21.9 Å². The molecule has 102 valence electrons. The number of nitrogens with two attached hydrogens (primary N) is 3. The number of hydrogen-bond donors (Lipinski definition) is 3. The third kappa shape index (κ3) is 3.81. The number of hydrogen-bond acceptors (Lipinski definition) is 4. The Labute approximate surface area is 116 Å². The first-order valence-corrected chi connectivity index (χ1v) is 5.60. The maximum atomic E-state index is 11.0. The summed E-state index contributed by atoms with van der Waals surface area (Å²) in [5.74, 6) is -0.291. The quantitative estimate of drug-likeness (QED) is 0.318. The number of rotatable bonds is 3. The lowest BCUT2D eigenvalue weighted by molar-refractivity contribution is -0.384. The zero-order chi connectivity index (χ0) is 14.6. The van der Waals surface area contributed by atoms with Gasteiger partial charge in [-0.3, -0.25) is 10.1 Å². The molecule has 0 saturated heterocycles. The minimum absolute atomic E-state index is 0.00620. The van der Waals surface area contributed by atoms with Crippen LogP contribution in [0.1, 0.15) is 0 Å². The van der Waals surface area contributed by atoms with Gasteiger partial charge in [-0.1, -0.05) is 0 Å². The summed E-state index contributed by atoms with van der Waals surface area (Å²) in [4.78, 5) is 17.6. The third-order valence-corrected chi connectivity index (χ3v) is 2.52. The van der Waals surface area contributed by atoms with E-state index >= 15 is 0 Å². The van der Waals surface area contributed by atoms with Crippen LogP contribution in [0.2, 0.25) is 0 Å². The van der Waals surface area contributed by atoms with Gasteiger partial charge in [-0.15, -0.1) is 0 Å². The number of methoxy groups -OCH3 is 1. The van der Waals surface area contributed by atoms with Crippen LogP contribution in [0.15, 0.2) is 26.6 Å². The molecule has 0 unspecified atom stereocenters. The van der Waals surface area contributed by atoms with Crippen LogP contribution in [0.25, 0.3) is 0 Å². The van der Waals surface area contributed by atoms with Gasteiger partial charge in [-0.05, 0) is 22.0 Å². The van der Waals surface area contributed by atoms with Crippen LogP contribution in [0.3, 0.4) is 0 Å². The molecule has 9 nitrogen and oxygen atoms in total. The van der Waals surface area contributed by atoms with Gasteiger partial charge in [-0.2, -0.15) is 4.99 Å². The monoisotopic (exact) mass is 330 g/mol. The fourth-order valence-electron chi connectivity index (χ4n) is 1.20. The van der Waals surface area contributed by atoms with Crippen LogP contribution in [0.5, 0.6) is 5.75 Å². The number of nitro benzene ring substituents is 1. The Morgan fingerprint density at radius 3 is 2.53 bits per heavy atom. The van der Waals surface area contributed by atoms with Crippen molar-refractivity contribution >= 4 is 39.2 Å². The molecule has 0 aliphatic rings. The molecule has 0 heterocycles. The predicted octanol–water partition coefficient (Wildman–Crippen LogP) is 0.585. The van der Waals surface area contributed by atoms with Crippen LogP contribution < -0.4 is 21.9 Å². The van der Waals surface area contributed by atoms with E-state index in [9.17, 15) is 10.1 Å². The Kier molecular flexibility index (Phi) is 4.64. The molecule has 0 aliphatic carbocycles. The molecule has 0 fully saturated rings. The molecule has 0 spiro atoms. The SMILES string of the molecule is COc1cc(Br)c(N=C(N)N=C(N)N)c([N+](=O)[O-])c1. The Hall–Kier alpha value is -2.36. The van der Waals surface area contributed by atoms with Crippen molar-refractivity contribution in [2.45, 2.75) is 0 Å². The molecular weight excluding hydrogens is 320 g/mol. The number of aliphatic imine (C=N–C) groups is 2. The van der Waals surface area contributed by atoms with Gasteiger partial charge in [0.1, 0.15) is 5.75 Å². The maximum absolute atomic E-state index is 11.0. The molecule has 0 radical (unpaired) electrons. The van der Waals surface area contributed by atoms with E-state index in [4.69, 9.17) is 21.9 Å². The van der Waals surface area contributed by atoms with Crippen molar-refractivity contribution < 1.29 is 9.66 Å². The van der Waals surface area contributed by atoms with Crippen LogP contribution in [0, 0.1) is 10.1 Å². The molecule has 0 saturated carbocycles. The van der Waals surface area contributed by atoms with Crippen molar-refractivity contribution in [1.29, 1.82) is 0 Å². The molecule has 6 N–H and O–H groups in total. The number of halogens is 1. The summed E-state index contributed by atoms with van der Waals surface area (Å²) in [6, 6.07) is 2.72. The smallest absolute Gasteiger partial charge is 0.299 e. The number of nitrogens with zero attached hydrogens (tertiary/aromatic N) is 3. The summed E-state index contributed by atoms with van der Waals surface area (Å²) in [5, 5.41) is 11.0. The van der Waals surface area contributed by atoms with Gasteiger partial charge in [0.15, 0.2) is 11.6 Å². The number of benzene rings is 1. The van der Waals surface area contributed by atoms with E-state index in [1.54, 1.807) is 0 Å². The summed E-state index contributed by atoms with van der Waals surface area (Å²) >= 11 is 3.14. The first kappa shape index (κ1) is 14.7. The van der Waals surface area contributed by atoms with E-state index < -0.39 is 4.92 Å². The minimum atomic E-state index is -0.616. The van der Waals surface area contributed by atoms with Gasteiger partial charge in [-0.25, -0.2) is 4.99 Å². The predicted molar refractivity (Wildman–Crippen MR) is 74.4 cm³/mol. The Balaban J connectivity index is 3.42. The average Bonchev–Trinajstić information content (AvgIpc) is 2.29. The minimum Gasteiger partial charge on any atom is -0.496 e. The second-order valence-electron chi connectivity index (χ2n) is 3.24. The molecule has 1 aromatic carbocycles. The third-order valence-electron chi connectivity index (χ3n) is 1.92. The molecule has 19 heavy (non-hydrogen) atoms. The average molecular weight is 331 g/mol. The summed E-state index contributed by atoms with van der Waals surface area (Å²) in [6.45, 7) is 0. The highest BCUT2D eigenvalue weighted by Crippen LogP contribution is 2.38. The molecule has 0 amide bonds. The second kappa shape index (κ2) is 6.00. The van der Waals surface area contributed by atoms with Crippen molar-refractivity contribution in [3.63, 3.8) is 0 Å². The number of ether oxygens (including phenoxy) is 1. The molecule has 0 aromatic heterocycles. The lowest BCUT2D eigenvalue weighted by Gasteiger charge is -2.05. The fraction of sp³-hybridized carbons (Fsp3) is 0.111. The van der Waals surface area contributed by atoms with Crippen molar-refractivity contribution in [3.05, 3.63) is 26.7 Å². The normalized spacial score (nSPS) is 10.9. The summed E-state index contributed by atoms with van der Waals surface area (Å²) in [5.41, 5.74) is 15.4. The highest BCUT2D eigenvalue weighted by atomic mass is 79.9. The van der Waals surface area contributed by atoms with E-state index in [-0.39, 0.29) is 23.3 Å². The van der Waals surface area contributed by atoms with Gasteiger partial charge in [0.2, 0.25) is 5.96 Å². The number of guanidine groups is 2. The topological polar surface area (TPSA) is 155 Å². The standard InChI is InChI=1S/C9H11BrN6O3/c1-19-4-2-5(10)7(6(3-4)16(17)18)14-9(13)15-8(11)12/h2-3H,1H3,(H6,11,12,13,14,15). The Morgan fingerprint density at radius 1 is 1.42 bits per heavy atom. The maximum Gasteiger partial charge on any atom is 0.299 e. The van der Waals surface area contributed by atoms with E-state index in [1.165, 1.54) is 19.2 Å². The van der Waals surface area contributed by atoms with Gasteiger partial charge >= 0.3 is 0 Å². The molecule has 0 aliphatic heterocycles. The zero-order valence-electron chi connectivity index (χ0n) is 9.83. The zero-order valence-corrected chi connectivity index (χ0v) is 11.4. The summed E-state index contributed by atoms with van der Waals surface area (Å²) in [7, 11) is 1.39. The van der Waals surface area contributed by atoms with Gasteiger partial charge in [0.05, 0.1) is 22.6 Å². The lowest BCUT2D eigenvalue weighted by atomic mass is 10.2. The first-order chi connectivity index (χ1) is 8.85. The second-order valence-corrected chi connectivity index (χ2v) is 4.10.